The van der Waals surface area contributed by atoms with Crippen LogP contribution in [0.25, 0.3) is 11.3 Å². The molecule has 2 heterocycles. The van der Waals surface area contributed by atoms with Gasteiger partial charge in [0.2, 0.25) is 5.95 Å². The fourth-order valence-electron chi connectivity index (χ4n) is 2.31. The maximum Gasteiger partial charge on any atom is 0.225 e. The highest BCUT2D eigenvalue weighted by molar-refractivity contribution is 5.64. The highest BCUT2D eigenvalue weighted by atomic mass is 15.1. The Hall–Kier alpha value is -2.95. The largest absolute Gasteiger partial charge is 0.370 e. The van der Waals surface area contributed by atoms with E-state index >= 15 is 0 Å². The lowest BCUT2D eigenvalue weighted by Crippen LogP contribution is -2.08. The van der Waals surface area contributed by atoms with Gasteiger partial charge in [0, 0.05) is 37.1 Å². The summed E-state index contributed by atoms with van der Waals surface area (Å²) in [5, 5.41) is 6.63. The zero-order chi connectivity index (χ0) is 16.6. The summed E-state index contributed by atoms with van der Waals surface area (Å²) in [6.45, 7) is 3.65. The minimum atomic E-state index is 0.610. The van der Waals surface area contributed by atoms with Crippen molar-refractivity contribution in [2.24, 2.45) is 0 Å². The summed E-state index contributed by atoms with van der Waals surface area (Å²) in [6, 6.07) is 16.1. The van der Waals surface area contributed by atoms with Crippen molar-refractivity contribution >= 4 is 11.8 Å². The van der Waals surface area contributed by atoms with Gasteiger partial charge in [0.15, 0.2) is 0 Å². The molecule has 0 saturated carbocycles. The molecule has 2 N–H and O–H groups in total. The van der Waals surface area contributed by atoms with Crippen molar-refractivity contribution in [2.75, 3.05) is 17.2 Å². The summed E-state index contributed by atoms with van der Waals surface area (Å²) in [7, 11) is 0. The van der Waals surface area contributed by atoms with Gasteiger partial charge in [-0.05, 0) is 18.1 Å². The van der Waals surface area contributed by atoms with Crippen LogP contribution in [0.3, 0.4) is 0 Å². The summed E-state index contributed by atoms with van der Waals surface area (Å²) >= 11 is 0. The molecule has 1 aromatic carbocycles. The summed E-state index contributed by atoms with van der Waals surface area (Å²) in [4.78, 5) is 13.3. The van der Waals surface area contributed by atoms with Crippen LogP contribution in [0.1, 0.15) is 18.9 Å². The van der Waals surface area contributed by atoms with Gasteiger partial charge in [-0.3, -0.25) is 4.98 Å². The lowest BCUT2D eigenvalue weighted by atomic mass is 10.1. The average molecular weight is 319 g/mol. The van der Waals surface area contributed by atoms with Gasteiger partial charge in [-0.15, -0.1) is 0 Å². The SMILES string of the molecule is CCCNc1cc(-c2ccccc2)nc(NCc2cccnc2)n1. The van der Waals surface area contributed by atoms with E-state index in [2.05, 4.69) is 44.6 Å². The van der Waals surface area contributed by atoms with Crippen LogP contribution < -0.4 is 10.6 Å². The second-order valence-electron chi connectivity index (χ2n) is 5.47. The van der Waals surface area contributed by atoms with Gasteiger partial charge in [0.25, 0.3) is 0 Å². The maximum atomic E-state index is 4.64. The number of pyridine rings is 1. The second-order valence-corrected chi connectivity index (χ2v) is 5.47. The molecular formula is C19H21N5. The average Bonchev–Trinajstić information content (AvgIpc) is 2.66. The maximum absolute atomic E-state index is 4.64. The molecule has 24 heavy (non-hydrogen) atoms. The first kappa shape index (κ1) is 15.9. The Morgan fingerprint density at radius 1 is 0.958 bits per heavy atom. The van der Waals surface area contributed by atoms with Crippen molar-refractivity contribution in [1.29, 1.82) is 0 Å². The van der Waals surface area contributed by atoms with Crippen molar-refractivity contribution < 1.29 is 0 Å². The number of rotatable bonds is 7. The molecule has 0 aliphatic carbocycles. The monoisotopic (exact) mass is 319 g/mol. The molecule has 122 valence electrons. The molecule has 0 bridgehead atoms. The van der Waals surface area contributed by atoms with Gasteiger partial charge in [-0.1, -0.05) is 43.3 Å². The summed E-state index contributed by atoms with van der Waals surface area (Å²) < 4.78 is 0. The lowest BCUT2D eigenvalue weighted by molar-refractivity contribution is 0.961. The van der Waals surface area contributed by atoms with Crippen molar-refractivity contribution in [2.45, 2.75) is 19.9 Å². The predicted octanol–water partition coefficient (Wildman–Crippen LogP) is 3.97. The quantitative estimate of drug-likeness (QED) is 0.690. The number of benzene rings is 1. The Balaban J connectivity index is 1.84. The molecule has 3 aromatic rings. The third-order valence-electron chi connectivity index (χ3n) is 3.53. The fourth-order valence-corrected chi connectivity index (χ4v) is 2.31. The van der Waals surface area contributed by atoms with Crippen LogP contribution in [0.2, 0.25) is 0 Å². The minimum Gasteiger partial charge on any atom is -0.370 e. The van der Waals surface area contributed by atoms with E-state index in [1.54, 1.807) is 6.20 Å². The molecule has 0 saturated heterocycles. The van der Waals surface area contributed by atoms with Gasteiger partial charge in [-0.2, -0.15) is 4.98 Å². The minimum absolute atomic E-state index is 0.610. The Bertz CT molecular complexity index is 759. The summed E-state index contributed by atoms with van der Waals surface area (Å²) in [5.74, 6) is 1.44. The zero-order valence-electron chi connectivity index (χ0n) is 13.7. The van der Waals surface area contributed by atoms with Gasteiger partial charge >= 0.3 is 0 Å². The van der Waals surface area contributed by atoms with Gasteiger partial charge in [0.05, 0.1) is 5.69 Å². The van der Waals surface area contributed by atoms with Crippen LogP contribution in [0, 0.1) is 0 Å². The molecule has 0 amide bonds. The molecule has 0 fully saturated rings. The van der Waals surface area contributed by atoms with Crippen molar-refractivity contribution in [3.8, 4) is 11.3 Å². The van der Waals surface area contributed by atoms with E-state index in [9.17, 15) is 0 Å². The van der Waals surface area contributed by atoms with Crippen molar-refractivity contribution in [3.05, 3.63) is 66.5 Å². The molecular weight excluding hydrogens is 298 g/mol. The van der Waals surface area contributed by atoms with E-state index in [1.807, 2.05) is 42.6 Å². The predicted molar refractivity (Wildman–Crippen MR) is 97.8 cm³/mol. The molecule has 0 radical (unpaired) electrons. The Labute approximate surface area is 142 Å². The van der Waals surface area contributed by atoms with Gasteiger partial charge in [0.1, 0.15) is 5.82 Å². The highest BCUT2D eigenvalue weighted by Crippen LogP contribution is 2.21. The Kier molecular flexibility index (Phi) is 5.35. The first-order valence-corrected chi connectivity index (χ1v) is 8.16. The second kappa shape index (κ2) is 8.06. The molecule has 2 aromatic heterocycles. The van der Waals surface area contributed by atoms with E-state index in [0.29, 0.717) is 12.5 Å². The van der Waals surface area contributed by atoms with Crippen LogP contribution >= 0.6 is 0 Å². The number of hydrogen-bond acceptors (Lipinski definition) is 5. The molecule has 5 nitrogen and oxygen atoms in total. The Morgan fingerprint density at radius 3 is 2.58 bits per heavy atom. The number of anilines is 2. The molecule has 0 unspecified atom stereocenters. The fraction of sp³-hybridized carbons (Fsp3) is 0.211. The topological polar surface area (TPSA) is 62.7 Å². The third kappa shape index (κ3) is 4.29. The van der Waals surface area contributed by atoms with Crippen LogP contribution in [-0.4, -0.2) is 21.5 Å². The molecule has 0 atom stereocenters. The van der Waals surface area contributed by atoms with Crippen LogP contribution in [0.4, 0.5) is 11.8 Å². The molecule has 0 aliphatic rings. The van der Waals surface area contributed by atoms with Crippen LogP contribution in [-0.2, 0) is 6.54 Å². The first-order valence-electron chi connectivity index (χ1n) is 8.16. The van der Waals surface area contributed by atoms with Crippen molar-refractivity contribution in [3.63, 3.8) is 0 Å². The highest BCUT2D eigenvalue weighted by Gasteiger charge is 2.06. The van der Waals surface area contributed by atoms with Gasteiger partial charge < -0.3 is 10.6 Å². The normalized spacial score (nSPS) is 10.4. The third-order valence-corrected chi connectivity index (χ3v) is 3.53. The number of nitrogens with zero attached hydrogens (tertiary/aromatic N) is 3. The summed E-state index contributed by atoms with van der Waals surface area (Å²) in [6.07, 6.45) is 4.65. The van der Waals surface area contributed by atoms with E-state index in [0.717, 1.165) is 35.6 Å². The molecule has 5 heteroatoms. The molecule has 0 spiro atoms. The first-order chi connectivity index (χ1) is 11.8. The number of hydrogen-bond donors (Lipinski definition) is 2. The van der Waals surface area contributed by atoms with Crippen molar-refractivity contribution in [1.82, 2.24) is 15.0 Å². The lowest BCUT2D eigenvalue weighted by Gasteiger charge is -2.11. The number of aromatic nitrogens is 3. The molecule has 0 aliphatic heterocycles. The zero-order valence-corrected chi connectivity index (χ0v) is 13.7. The smallest absolute Gasteiger partial charge is 0.225 e. The van der Waals surface area contributed by atoms with E-state index < -0.39 is 0 Å². The standard InChI is InChI=1S/C19H21N5/c1-2-10-21-18-12-17(16-8-4-3-5-9-16)23-19(24-18)22-14-15-7-6-11-20-13-15/h3-9,11-13H,2,10,14H2,1H3,(H2,21,22,23,24). The van der Waals surface area contributed by atoms with Crippen LogP contribution in [0.15, 0.2) is 60.9 Å². The van der Waals surface area contributed by atoms with Crippen LogP contribution in [0.5, 0.6) is 0 Å². The van der Waals surface area contributed by atoms with E-state index in [-0.39, 0.29) is 0 Å². The van der Waals surface area contributed by atoms with Gasteiger partial charge in [-0.25, -0.2) is 4.98 Å². The number of nitrogens with one attached hydrogen (secondary N) is 2. The van der Waals surface area contributed by atoms with E-state index in [4.69, 9.17) is 0 Å². The summed E-state index contributed by atoms with van der Waals surface area (Å²) in [5.41, 5.74) is 3.07. The Morgan fingerprint density at radius 2 is 1.83 bits per heavy atom. The van der Waals surface area contributed by atoms with E-state index in [1.165, 1.54) is 0 Å². The molecule has 3 rings (SSSR count).